The number of benzene rings is 2. The highest BCUT2D eigenvalue weighted by Gasteiger charge is 2.10. The largest absolute Gasteiger partial charge is 0.461 e. The first-order valence-electron chi connectivity index (χ1n) is 9.19. The summed E-state index contributed by atoms with van der Waals surface area (Å²) in [5, 5.41) is 3.52. The van der Waals surface area contributed by atoms with E-state index in [1.54, 1.807) is 0 Å². The summed E-state index contributed by atoms with van der Waals surface area (Å²) in [4.78, 5) is 17.7. The Morgan fingerprint density at radius 3 is 2.50 bits per heavy atom. The third kappa shape index (κ3) is 4.75. The summed E-state index contributed by atoms with van der Waals surface area (Å²) in [7, 11) is 0. The molecule has 0 aliphatic heterocycles. The standard InChI is InChI=1S/C23H20N2O2S/c26-22(14-12-19-11-13-21(27-19)18-9-5-2-6-10-18)25-23-24-16-20(28-23)15-17-7-3-1-4-8-17/h1-11,13,16H,12,14-15H2,(H,24,25,26). The van der Waals surface area contributed by atoms with Crippen LogP contribution in [0.1, 0.15) is 22.6 Å². The van der Waals surface area contributed by atoms with Crippen LogP contribution in [-0.2, 0) is 17.6 Å². The third-order valence-electron chi connectivity index (χ3n) is 4.34. The molecule has 140 valence electrons. The number of hydrogen-bond donors (Lipinski definition) is 1. The lowest BCUT2D eigenvalue weighted by Gasteiger charge is -2.01. The van der Waals surface area contributed by atoms with Gasteiger partial charge in [-0.15, -0.1) is 11.3 Å². The van der Waals surface area contributed by atoms with Gasteiger partial charge in [0.25, 0.3) is 0 Å². The molecule has 0 atom stereocenters. The molecule has 0 bridgehead atoms. The minimum Gasteiger partial charge on any atom is -0.461 e. The van der Waals surface area contributed by atoms with E-state index in [0.717, 1.165) is 28.4 Å². The maximum atomic E-state index is 12.2. The zero-order valence-electron chi connectivity index (χ0n) is 15.3. The molecule has 5 heteroatoms. The van der Waals surface area contributed by atoms with E-state index in [1.807, 2.05) is 66.9 Å². The topological polar surface area (TPSA) is 55.1 Å². The van der Waals surface area contributed by atoms with E-state index in [9.17, 15) is 4.79 Å². The van der Waals surface area contributed by atoms with Crippen molar-refractivity contribution in [3.63, 3.8) is 0 Å². The molecule has 2 heterocycles. The molecule has 2 aromatic heterocycles. The van der Waals surface area contributed by atoms with Crippen molar-refractivity contribution in [1.82, 2.24) is 4.98 Å². The fourth-order valence-corrected chi connectivity index (χ4v) is 3.80. The Labute approximate surface area is 167 Å². The van der Waals surface area contributed by atoms with E-state index in [4.69, 9.17) is 4.42 Å². The molecular weight excluding hydrogens is 368 g/mol. The molecule has 0 aliphatic rings. The van der Waals surface area contributed by atoms with Crippen molar-refractivity contribution in [1.29, 1.82) is 0 Å². The Bertz CT molecular complexity index is 1040. The quantitative estimate of drug-likeness (QED) is 0.451. The normalized spacial score (nSPS) is 10.7. The van der Waals surface area contributed by atoms with Crippen LogP contribution in [0.3, 0.4) is 0 Å². The number of furan rings is 1. The zero-order valence-corrected chi connectivity index (χ0v) is 16.1. The Hall–Kier alpha value is -3.18. The number of nitrogens with one attached hydrogen (secondary N) is 1. The molecule has 4 aromatic rings. The van der Waals surface area contributed by atoms with Gasteiger partial charge in [-0.2, -0.15) is 0 Å². The van der Waals surface area contributed by atoms with Crippen molar-refractivity contribution in [2.75, 3.05) is 5.32 Å². The molecule has 1 N–H and O–H groups in total. The first kappa shape index (κ1) is 18.2. The van der Waals surface area contributed by atoms with Crippen LogP contribution in [-0.4, -0.2) is 10.9 Å². The van der Waals surface area contributed by atoms with Gasteiger partial charge in [-0.25, -0.2) is 4.98 Å². The van der Waals surface area contributed by atoms with Gasteiger partial charge in [-0.05, 0) is 17.7 Å². The van der Waals surface area contributed by atoms with E-state index in [2.05, 4.69) is 22.4 Å². The third-order valence-corrected chi connectivity index (χ3v) is 5.25. The number of amides is 1. The van der Waals surface area contributed by atoms with Crippen molar-refractivity contribution in [2.24, 2.45) is 0 Å². The Morgan fingerprint density at radius 1 is 0.964 bits per heavy atom. The lowest BCUT2D eigenvalue weighted by Crippen LogP contribution is -2.11. The number of rotatable bonds is 7. The first-order valence-corrected chi connectivity index (χ1v) is 10.0. The number of nitrogens with zero attached hydrogens (tertiary/aromatic N) is 1. The summed E-state index contributed by atoms with van der Waals surface area (Å²) >= 11 is 1.51. The summed E-state index contributed by atoms with van der Waals surface area (Å²) in [5.41, 5.74) is 2.27. The van der Waals surface area contributed by atoms with Crippen molar-refractivity contribution in [3.8, 4) is 11.3 Å². The minimum absolute atomic E-state index is 0.0572. The van der Waals surface area contributed by atoms with Crippen LogP contribution < -0.4 is 5.32 Å². The summed E-state index contributed by atoms with van der Waals surface area (Å²) in [6.45, 7) is 0. The predicted molar refractivity (Wildman–Crippen MR) is 112 cm³/mol. The second-order valence-corrected chi connectivity index (χ2v) is 7.59. The highest BCUT2D eigenvalue weighted by molar-refractivity contribution is 7.15. The smallest absolute Gasteiger partial charge is 0.226 e. The first-order chi connectivity index (χ1) is 13.8. The SMILES string of the molecule is O=C(CCc1ccc(-c2ccccc2)o1)Nc1ncc(Cc2ccccc2)s1. The van der Waals surface area contributed by atoms with Crippen LogP contribution in [0, 0.1) is 0 Å². The molecular formula is C23H20N2O2S. The van der Waals surface area contributed by atoms with Gasteiger partial charge in [0, 0.05) is 35.9 Å². The van der Waals surface area contributed by atoms with E-state index >= 15 is 0 Å². The van der Waals surface area contributed by atoms with Gasteiger partial charge in [0.05, 0.1) is 0 Å². The van der Waals surface area contributed by atoms with Crippen LogP contribution in [0.25, 0.3) is 11.3 Å². The van der Waals surface area contributed by atoms with Crippen LogP contribution in [0.5, 0.6) is 0 Å². The van der Waals surface area contributed by atoms with Crippen molar-refractivity contribution < 1.29 is 9.21 Å². The number of thiazole rings is 1. The molecule has 0 fully saturated rings. The number of hydrogen-bond acceptors (Lipinski definition) is 4. The maximum absolute atomic E-state index is 12.2. The van der Waals surface area contributed by atoms with E-state index in [0.29, 0.717) is 18.0 Å². The molecule has 0 saturated heterocycles. The summed E-state index contributed by atoms with van der Waals surface area (Å²) in [6.07, 6.45) is 3.56. The Balaban J connectivity index is 1.29. The summed E-state index contributed by atoms with van der Waals surface area (Å²) in [6, 6.07) is 24.0. The number of anilines is 1. The lowest BCUT2D eigenvalue weighted by atomic mass is 10.1. The van der Waals surface area contributed by atoms with Gasteiger partial charge in [-0.1, -0.05) is 60.7 Å². The van der Waals surface area contributed by atoms with Crippen molar-refractivity contribution in [3.05, 3.63) is 95.2 Å². The van der Waals surface area contributed by atoms with Gasteiger partial charge in [-0.3, -0.25) is 4.79 Å². The molecule has 0 aliphatic carbocycles. The zero-order chi connectivity index (χ0) is 19.2. The minimum atomic E-state index is -0.0572. The van der Waals surface area contributed by atoms with Gasteiger partial charge in [0.15, 0.2) is 5.13 Å². The van der Waals surface area contributed by atoms with Crippen molar-refractivity contribution >= 4 is 22.4 Å². The van der Waals surface area contributed by atoms with Gasteiger partial charge in [0.2, 0.25) is 5.91 Å². The molecule has 4 nitrogen and oxygen atoms in total. The second-order valence-electron chi connectivity index (χ2n) is 6.47. The summed E-state index contributed by atoms with van der Waals surface area (Å²) in [5.74, 6) is 1.57. The number of aryl methyl sites for hydroxylation is 1. The number of aromatic nitrogens is 1. The van der Waals surface area contributed by atoms with Crippen LogP contribution in [0.2, 0.25) is 0 Å². The highest BCUT2D eigenvalue weighted by atomic mass is 32.1. The maximum Gasteiger partial charge on any atom is 0.226 e. The molecule has 28 heavy (non-hydrogen) atoms. The van der Waals surface area contributed by atoms with E-state index in [-0.39, 0.29) is 5.91 Å². The average Bonchev–Trinajstić information content (AvgIpc) is 3.38. The van der Waals surface area contributed by atoms with Gasteiger partial charge >= 0.3 is 0 Å². The Kier molecular flexibility index (Phi) is 5.64. The molecule has 0 saturated carbocycles. The monoisotopic (exact) mass is 388 g/mol. The Morgan fingerprint density at radius 2 is 1.71 bits per heavy atom. The van der Waals surface area contributed by atoms with Crippen LogP contribution >= 0.6 is 11.3 Å². The van der Waals surface area contributed by atoms with Crippen molar-refractivity contribution in [2.45, 2.75) is 19.3 Å². The molecule has 4 rings (SSSR count). The molecule has 0 spiro atoms. The lowest BCUT2D eigenvalue weighted by molar-refractivity contribution is -0.116. The fourth-order valence-electron chi connectivity index (χ4n) is 2.93. The fraction of sp³-hybridized carbons (Fsp3) is 0.130. The van der Waals surface area contributed by atoms with E-state index < -0.39 is 0 Å². The predicted octanol–water partition coefficient (Wildman–Crippen LogP) is 5.57. The molecule has 0 radical (unpaired) electrons. The molecule has 2 aromatic carbocycles. The van der Waals surface area contributed by atoms with E-state index in [1.165, 1.54) is 16.9 Å². The molecule has 0 unspecified atom stereocenters. The van der Waals surface area contributed by atoms with Crippen LogP contribution in [0.15, 0.2) is 83.4 Å². The average molecular weight is 388 g/mol. The molecule has 1 amide bonds. The highest BCUT2D eigenvalue weighted by Crippen LogP contribution is 2.23. The summed E-state index contributed by atoms with van der Waals surface area (Å²) < 4.78 is 5.85. The second kappa shape index (κ2) is 8.67. The van der Waals surface area contributed by atoms with Gasteiger partial charge < -0.3 is 9.73 Å². The van der Waals surface area contributed by atoms with Crippen LogP contribution in [0.4, 0.5) is 5.13 Å². The number of carbonyl (C=O) groups excluding carboxylic acids is 1. The number of carbonyl (C=O) groups is 1. The van der Waals surface area contributed by atoms with Gasteiger partial charge in [0.1, 0.15) is 11.5 Å².